The smallest absolute Gasteiger partial charge is 0.162 e. The molecule has 3 aliphatic rings. The summed E-state index contributed by atoms with van der Waals surface area (Å²) < 4.78 is 5.62. The van der Waals surface area contributed by atoms with Gasteiger partial charge in [-0.1, -0.05) is 136 Å². The van der Waals surface area contributed by atoms with Crippen molar-refractivity contribution in [2.24, 2.45) is 11.8 Å². The summed E-state index contributed by atoms with van der Waals surface area (Å²) in [6, 6.07) is 5.91. The fourth-order valence-electron chi connectivity index (χ4n) is 5.20. The van der Waals surface area contributed by atoms with Crippen molar-refractivity contribution in [2.75, 3.05) is 0 Å². The van der Waals surface area contributed by atoms with Crippen molar-refractivity contribution >= 4 is 11.5 Å². The van der Waals surface area contributed by atoms with Crippen molar-refractivity contribution in [3.63, 3.8) is 0 Å². The number of fused-ring (bicyclic) bond motifs is 1. The molecule has 0 saturated heterocycles. The van der Waals surface area contributed by atoms with Gasteiger partial charge in [-0.05, 0) is 31.2 Å². The summed E-state index contributed by atoms with van der Waals surface area (Å²) in [7, 11) is 0. The van der Waals surface area contributed by atoms with Gasteiger partial charge < -0.3 is 9.84 Å². The van der Waals surface area contributed by atoms with Crippen molar-refractivity contribution in [3.8, 4) is 0 Å². The number of ether oxygens (including phenoxy) is 1. The molecule has 34 heavy (non-hydrogen) atoms. The number of unbranched alkanes of at least 4 members (excludes halogenated alkanes) is 1. The highest BCUT2D eigenvalue weighted by Gasteiger charge is 2.22. The highest BCUT2D eigenvalue weighted by atomic mass is 16.5. The average molecular weight is 471 g/mol. The molecule has 1 aromatic rings. The summed E-state index contributed by atoms with van der Waals surface area (Å²) in [4.78, 5) is 0. The zero-order valence-corrected chi connectivity index (χ0v) is 22.1. The molecule has 0 spiro atoms. The first-order chi connectivity index (χ1) is 16.0. The minimum atomic E-state index is 0. The number of benzene rings is 1. The van der Waals surface area contributed by atoms with Crippen molar-refractivity contribution in [2.45, 2.75) is 131 Å². The number of aryl methyl sites for hydroxylation is 1. The van der Waals surface area contributed by atoms with Gasteiger partial charge in [0.05, 0.1) is 0 Å². The number of allylic oxidation sites excluding steroid dienone is 1. The minimum Gasteiger partial charge on any atom is -0.504 e. The van der Waals surface area contributed by atoms with Gasteiger partial charge in [0.2, 0.25) is 0 Å². The summed E-state index contributed by atoms with van der Waals surface area (Å²) in [6.07, 6.45) is 20.7. The third-order valence-corrected chi connectivity index (χ3v) is 7.60. The van der Waals surface area contributed by atoms with Crippen LogP contribution in [0.1, 0.15) is 141 Å². The zero-order chi connectivity index (χ0) is 24.1. The molecule has 0 radical (unpaired) electrons. The maximum atomic E-state index is 10.2. The van der Waals surface area contributed by atoms with Crippen molar-refractivity contribution in [3.05, 3.63) is 47.2 Å². The molecule has 0 unspecified atom stereocenters. The first-order valence-corrected chi connectivity index (χ1v) is 13.9. The lowest BCUT2D eigenvalue weighted by molar-refractivity contribution is 0.331. The number of aliphatic hydroxyl groups is 1. The van der Waals surface area contributed by atoms with E-state index in [0.29, 0.717) is 11.5 Å². The van der Waals surface area contributed by atoms with E-state index in [4.69, 9.17) is 4.74 Å². The molecule has 2 saturated carbocycles. The summed E-state index contributed by atoms with van der Waals surface area (Å²) >= 11 is 0. The third-order valence-electron chi connectivity index (χ3n) is 7.60. The van der Waals surface area contributed by atoms with Crippen LogP contribution in [-0.4, -0.2) is 5.11 Å². The molecular formula is C32H54O2. The molecule has 2 fully saturated rings. The van der Waals surface area contributed by atoms with E-state index in [1.54, 1.807) is 0 Å². The Morgan fingerprint density at radius 2 is 1.38 bits per heavy atom. The topological polar surface area (TPSA) is 29.5 Å². The molecule has 2 heteroatoms. The predicted molar refractivity (Wildman–Crippen MR) is 151 cm³/mol. The van der Waals surface area contributed by atoms with Gasteiger partial charge in [-0.2, -0.15) is 0 Å². The van der Waals surface area contributed by atoms with Crippen molar-refractivity contribution in [1.29, 1.82) is 0 Å². The van der Waals surface area contributed by atoms with Crippen LogP contribution >= 0.6 is 0 Å². The second-order valence-electron chi connectivity index (χ2n) is 10.3. The second kappa shape index (κ2) is 16.8. The van der Waals surface area contributed by atoms with Crippen molar-refractivity contribution in [1.82, 2.24) is 0 Å². The molecule has 4 rings (SSSR count). The lowest BCUT2D eigenvalue weighted by Crippen LogP contribution is -2.07. The van der Waals surface area contributed by atoms with Crippen molar-refractivity contribution < 1.29 is 9.84 Å². The van der Waals surface area contributed by atoms with Gasteiger partial charge in [0.25, 0.3) is 0 Å². The van der Waals surface area contributed by atoms with Crippen LogP contribution < -0.4 is 0 Å². The summed E-state index contributed by atoms with van der Waals surface area (Å²) in [5, 5.41) is 10.2. The molecule has 1 aromatic carbocycles. The van der Waals surface area contributed by atoms with E-state index in [9.17, 15) is 5.11 Å². The molecule has 2 aliphatic carbocycles. The lowest BCUT2D eigenvalue weighted by atomic mass is 9.88. The minimum absolute atomic E-state index is 0. The molecule has 0 bridgehead atoms. The second-order valence-corrected chi connectivity index (χ2v) is 10.3. The van der Waals surface area contributed by atoms with Gasteiger partial charge in [0, 0.05) is 17.5 Å². The number of rotatable bonds is 5. The van der Waals surface area contributed by atoms with Crippen LogP contribution in [-0.2, 0) is 4.74 Å². The van der Waals surface area contributed by atoms with E-state index >= 15 is 0 Å². The van der Waals surface area contributed by atoms with Gasteiger partial charge in [-0.25, -0.2) is 0 Å². The zero-order valence-electron chi connectivity index (χ0n) is 22.1. The van der Waals surface area contributed by atoms with Gasteiger partial charge in [-0.3, -0.25) is 0 Å². The largest absolute Gasteiger partial charge is 0.504 e. The first-order valence-electron chi connectivity index (χ1n) is 13.9. The molecule has 2 nitrogen and oxygen atoms in total. The van der Waals surface area contributed by atoms with Crippen LogP contribution in [0.2, 0.25) is 0 Å². The molecule has 1 N–H and O–H groups in total. The van der Waals surface area contributed by atoms with Gasteiger partial charge in [0.15, 0.2) is 5.76 Å². The fourth-order valence-corrected chi connectivity index (χ4v) is 5.20. The van der Waals surface area contributed by atoms with Crippen LogP contribution in [0.3, 0.4) is 0 Å². The molecular weight excluding hydrogens is 416 g/mol. The molecule has 1 heterocycles. The molecule has 1 aliphatic heterocycles. The van der Waals surface area contributed by atoms with E-state index in [0.717, 1.165) is 47.8 Å². The molecule has 194 valence electrons. The summed E-state index contributed by atoms with van der Waals surface area (Å²) in [6.45, 7) is 12.7. The van der Waals surface area contributed by atoms with Gasteiger partial charge >= 0.3 is 0 Å². The number of hydrogen-bond acceptors (Lipinski definition) is 2. The average Bonchev–Trinajstić information content (AvgIpc) is 2.87. The van der Waals surface area contributed by atoms with Crippen LogP contribution in [0.15, 0.2) is 30.5 Å². The van der Waals surface area contributed by atoms with Crippen LogP contribution in [0.4, 0.5) is 0 Å². The van der Waals surface area contributed by atoms with Crippen LogP contribution in [0, 0.1) is 18.8 Å². The predicted octanol–water partition coefficient (Wildman–Crippen LogP) is 11.0. The summed E-state index contributed by atoms with van der Waals surface area (Å²) in [5.41, 5.74) is 2.86. The number of hydrogen-bond donors (Lipinski definition) is 1. The Hall–Kier alpha value is -1.70. The monoisotopic (exact) mass is 470 g/mol. The first kappa shape index (κ1) is 30.3. The highest BCUT2D eigenvalue weighted by Crippen LogP contribution is 2.36. The highest BCUT2D eigenvalue weighted by molar-refractivity contribution is 5.78. The van der Waals surface area contributed by atoms with E-state index < -0.39 is 0 Å². The Labute approximate surface area is 211 Å². The Balaban J connectivity index is 0.000000285. The Morgan fingerprint density at radius 1 is 0.853 bits per heavy atom. The van der Waals surface area contributed by atoms with E-state index in [2.05, 4.69) is 27.4 Å². The summed E-state index contributed by atoms with van der Waals surface area (Å²) in [5.74, 6) is 3.72. The molecule has 0 aromatic heterocycles. The maximum absolute atomic E-state index is 10.2. The quantitative estimate of drug-likeness (QED) is 0.463. The number of aliphatic hydroxyl groups excluding tert-OH is 1. The van der Waals surface area contributed by atoms with E-state index in [1.807, 2.05) is 25.1 Å². The van der Waals surface area contributed by atoms with Crippen LogP contribution in [0.25, 0.3) is 11.5 Å². The normalized spacial score (nSPS) is 18.4. The standard InChI is InChI=1S/C15H18O2.2C8H16.CH4/c1-4-5-6-14-15(16)12-8-7-10(2)9-13(12)11(3)17-14;2*1-2-8-6-4-3-5-7-8;/h7-9,16H,3-6H2,1-2H3;2*8H,2-7H2,1H3;1H4. The maximum Gasteiger partial charge on any atom is 0.162 e. The lowest BCUT2D eigenvalue weighted by Gasteiger charge is -2.22. The molecule has 0 atom stereocenters. The van der Waals surface area contributed by atoms with Crippen LogP contribution in [0.5, 0.6) is 0 Å². The van der Waals surface area contributed by atoms with E-state index in [1.165, 1.54) is 77.0 Å². The Bertz CT molecular complexity index is 715. The van der Waals surface area contributed by atoms with Gasteiger partial charge in [0.1, 0.15) is 11.5 Å². The van der Waals surface area contributed by atoms with E-state index in [-0.39, 0.29) is 13.2 Å². The Kier molecular flexibility index (Phi) is 15.0. The van der Waals surface area contributed by atoms with Gasteiger partial charge in [-0.15, -0.1) is 0 Å². The SMILES string of the molecule is C.C=C1OC(CCCC)=C(O)c2ccc(C)cc21.CCC1CCCCC1.CCC1CCCCC1. The Morgan fingerprint density at radius 3 is 1.82 bits per heavy atom. The third kappa shape index (κ3) is 9.88. The fraction of sp³-hybridized carbons (Fsp3) is 0.688. The molecule has 0 amide bonds.